The van der Waals surface area contributed by atoms with Crippen LogP contribution in [0, 0.1) is 0 Å². The van der Waals surface area contributed by atoms with E-state index in [1.807, 2.05) is 0 Å². The normalized spacial score (nSPS) is 20.5. The first-order valence-corrected chi connectivity index (χ1v) is 5.23. The third kappa shape index (κ3) is 2.90. The van der Waals surface area contributed by atoms with Crippen molar-refractivity contribution < 1.29 is 14.3 Å². The van der Waals surface area contributed by atoms with Gasteiger partial charge in [-0.15, -0.1) is 0 Å². The van der Waals surface area contributed by atoms with Crippen LogP contribution in [0.25, 0.3) is 0 Å². The lowest BCUT2D eigenvalue weighted by Gasteiger charge is -2.40. The van der Waals surface area contributed by atoms with Crippen molar-refractivity contribution in [1.82, 2.24) is 5.32 Å². The third-order valence-corrected chi connectivity index (χ3v) is 3.07. The van der Waals surface area contributed by atoms with Crippen molar-refractivity contribution in [1.29, 1.82) is 0 Å². The summed E-state index contributed by atoms with van der Waals surface area (Å²) in [5.41, 5.74) is 5.24. The topological polar surface area (TPSA) is 73.6 Å². The maximum absolute atomic E-state index is 11.5. The molecule has 0 radical (unpaired) electrons. The molecule has 88 valence electrons. The van der Waals surface area contributed by atoms with Crippen LogP contribution < -0.4 is 11.1 Å². The van der Waals surface area contributed by atoms with Crippen molar-refractivity contribution in [2.24, 2.45) is 5.73 Å². The van der Waals surface area contributed by atoms with Gasteiger partial charge in [-0.3, -0.25) is 4.79 Å². The molecule has 3 N–H and O–H groups in total. The lowest BCUT2D eigenvalue weighted by atomic mass is 9.80. The Morgan fingerprint density at radius 2 is 2.20 bits per heavy atom. The minimum atomic E-state index is -0.556. The number of ether oxygens (including phenoxy) is 2. The van der Waals surface area contributed by atoms with Crippen molar-refractivity contribution >= 4 is 5.91 Å². The molecule has 1 atom stereocenters. The highest BCUT2D eigenvalue weighted by atomic mass is 16.5. The fourth-order valence-electron chi connectivity index (χ4n) is 1.70. The molecule has 1 rings (SSSR count). The molecule has 15 heavy (non-hydrogen) atoms. The molecule has 0 saturated heterocycles. The van der Waals surface area contributed by atoms with Crippen LogP contribution in [-0.4, -0.2) is 44.9 Å². The van der Waals surface area contributed by atoms with E-state index in [-0.39, 0.29) is 18.1 Å². The average Bonchev–Trinajstić information content (AvgIpc) is 2.19. The van der Waals surface area contributed by atoms with Crippen LogP contribution in [0.1, 0.15) is 19.3 Å². The number of hydrogen-bond donors (Lipinski definition) is 2. The second kappa shape index (κ2) is 5.44. The maximum Gasteiger partial charge on any atom is 0.250 e. The Bertz CT molecular complexity index is 207. The zero-order valence-corrected chi connectivity index (χ0v) is 9.41. The number of methoxy groups -OCH3 is 2. The number of amides is 1. The molecule has 0 aromatic heterocycles. The van der Waals surface area contributed by atoms with Gasteiger partial charge in [0.1, 0.15) is 6.10 Å². The summed E-state index contributed by atoms with van der Waals surface area (Å²) in [5, 5.41) is 2.81. The SMILES string of the molecule is COC(CN)C(=O)NCC1(OC)CCC1. The Morgan fingerprint density at radius 3 is 2.53 bits per heavy atom. The smallest absolute Gasteiger partial charge is 0.250 e. The molecule has 0 bridgehead atoms. The first-order valence-electron chi connectivity index (χ1n) is 5.23. The van der Waals surface area contributed by atoms with E-state index in [0.717, 1.165) is 19.3 Å². The van der Waals surface area contributed by atoms with E-state index >= 15 is 0 Å². The van der Waals surface area contributed by atoms with Crippen LogP contribution in [-0.2, 0) is 14.3 Å². The molecule has 1 unspecified atom stereocenters. The number of rotatable bonds is 6. The summed E-state index contributed by atoms with van der Waals surface area (Å²) >= 11 is 0. The molecular formula is C10H20N2O3. The minimum Gasteiger partial charge on any atom is -0.376 e. The Labute approximate surface area is 90.3 Å². The highest BCUT2D eigenvalue weighted by molar-refractivity contribution is 5.81. The maximum atomic E-state index is 11.5. The van der Waals surface area contributed by atoms with Crippen LogP contribution in [0.5, 0.6) is 0 Å². The van der Waals surface area contributed by atoms with Gasteiger partial charge in [0.2, 0.25) is 0 Å². The summed E-state index contributed by atoms with van der Waals surface area (Å²) in [5.74, 6) is -0.164. The molecule has 0 aromatic rings. The van der Waals surface area contributed by atoms with Gasteiger partial charge < -0.3 is 20.5 Å². The first-order chi connectivity index (χ1) is 7.17. The number of hydrogen-bond acceptors (Lipinski definition) is 4. The van der Waals surface area contributed by atoms with E-state index in [1.165, 1.54) is 7.11 Å². The molecule has 0 aliphatic heterocycles. The Kier molecular flexibility index (Phi) is 4.50. The molecule has 0 spiro atoms. The Morgan fingerprint density at radius 1 is 1.53 bits per heavy atom. The predicted molar refractivity (Wildman–Crippen MR) is 56.5 cm³/mol. The summed E-state index contributed by atoms with van der Waals surface area (Å²) in [6.07, 6.45) is 2.61. The number of carbonyl (C=O) groups is 1. The summed E-state index contributed by atoms with van der Waals surface area (Å²) in [7, 11) is 3.16. The summed E-state index contributed by atoms with van der Waals surface area (Å²) in [6.45, 7) is 0.741. The second-order valence-electron chi connectivity index (χ2n) is 3.92. The van der Waals surface area contributed by atoms with Gasteiger partial charge in [0.25, 0.3) is 5.91 Å². The highest BCUT2D eigenvalue weighted by Gasteiger charge is 2.37. The Hall–Kier alpha value is -0.650. The van der Waals surface area contributed by atoms with Crippen LogP contribution in [0.3, 0.4) is 0 Å². The third-order valence-electron chi connectivity index (χ3n) is 3.07. The van der Waals surface area contributed by atoms with E-state index in [4.69, 9.17) is 15.2 Å². The van der Waals surface area contributed by atoms with Crippen molar-refractivity contribution in [3.63, 3.8) is 0 Å². The van der Waals surface area contributed by atoms with Crippen LogP contribution >= 0.6 is 0 Å². The number of nitrogens with two attached hydrogens (primary N) is 1. The van der Waals surface area contributed by atoms with Crippen LogP contribution in [0.2, 0.25) is 0 Å². The van der Waals surface area contributed by atoms with Gasteiger partial charge in [-0.1, -0.05) is 0 Å². The van der Waals surface area contributed by atoms with Gasteiger partial charge in [-0.2, -0.15) is 0 Å². The van der Waals surface area contributed by atoms with E-state index in [1.54, 1.807) is 7.11 Å². The summed E-state index contributed by atoms with van der Waals surface area (Å²) in [6, 6.07) is 0. The van der Waals surface area contributed by atoms with Gasteiger partial charge in [0.05, 0.1) is 5.60 Å². The largest absolute Gasteiger partial charge is 0.376 e. The fraction of sp³-hybridized carbons (Fsp3) is 0.900. The lowest BCUT2D eigenvalue weighted by molar-refractivity contribution is -0.133. The zero-order chi connectivity index (χ0) is 11.3. The molecule has 5 heteroatoms. The van der Waals surface area contributed by atoms with Gasteiger partial charge in [0, 0.05) is 27.3 Å². The van der Waals surface area contributed by atoms with Crippen LogP contribution in [0.4, 0.5) is 0 Å². The zero-order valence-electron chi connectivity index (χ0n) is 9.41. The van der Waals surface area contributed by atoms with Gasteiger partial charge in [-0.05, 0) is 19.3 Å². The number of nitrogens with one attached hydrogen (secondary N) is 1. The van der Waals surface area contributed by atoms with Crippen LogP contribution in [0.15, 0.2) is 0 Å². The molecule has 0 aromatic carbocycles. The molecule has 1 amide bonds. The standard InChI is InChI=1S/C10H20N2O3/c1-14-8(6-11)9(13)12-7-10(15-2)4-3-5-10/h8H,3-7,11H2,1-2H3,(H,12,13). The second-order valence-corrected chi connectivity index (χ2v) is 3.92. The summed E-state index contributed by atoms with van der Waals surface area (Å²) in [4.78, 5) is 11.5. The molecular weight excluding hydrogens is 196 g/mol. The quantitative estimate of drug-likeness (QED) is 0.636. The van der Waals surface area contributed by atoms with Crippen molar-refractivity contribution in [2.45, 2.75) is 31.0 Å². The van der Waals surface area contributed by atoms with E-state index < -0.39 is 6.10 Å². The highest BCUT2D eigenvalue weighted by Crippen LogP contribution is 2.34. The Balaban J connectivity index is 2.32. The van der Waals surface area contributed by atoms with Gasteiger partial charge >= 0.3 is 0 Å². The monoisotopic (exact) mass is 216 g/mol. The summed E-state index contributed by atoms with van der Waals surface area (Å²) < 4.78 is 10.3. The van der Waals surface area contributed by atoms with E-state index in [0.29, 0.717) is 6.54 Å². The number of carbonyl (C=O) groups excluding carboxylic acids is 1. The molecule has 0 heterocycles. The molecule has 5 nitrogen and oxygen atoms in total. The average molecular weight is 216 g/mol. The van der Waals surface area contributed by atoms with E-state index in [2.05, 4.69) is 5.32 Å². The first kappa shape index (κ1) is 12.4. The van der Waals surface area contributed by atoms with E-state index in [9.17, 15) is 4.79 Å². The molecule has 1 saturated carbocycles. The van der Waals surface area contributed by atoms with Gasteiger partial charge in [-0.25, -0.2) is 0 Å². The molecule has 1 aliphatic carbocycles. The molecule has 1 aliphatic rings. The van der Waals surface area contributed by atoms with Crippen molar-refractivity contribution in [3.05, 3.63) is 0 Å². The van der Waals surface area contributed by atoms with Gasteiger partial charge in [0.15, 0.2) is 0 Å². The van der Waals surface area contributed by atoms with Crippen molar-refractivity contribution in [2.75, 3.05) is 27.3 Å². The fourth-order valence-corrected chi connectivity index (χ4v) is 1.70. The lowest BCUT2D eigenvalue weighted by Crippen LogP contribution is -2.52. The minimum absolute atomic E-state index is 0.150. The molecule has 1 fully saturated rings. The van der Waals surface area contributed by atoms with Crippen molar-refractivity contribution in [3.8, 4) is 0 Å². The predicted octanol–water partition coefficient (Wildman–Crippen LogP) is -0.355.